The average Bonchev–Trinajstić information content (AvgIpc) is 2.28. The van der Waals surface area contributed by atoms with E-state index in [1.165, 1.54) is 11.8 Å². The minimum Gasteiger partial charge on any atom is -0.306 e. The highest BCUT2D eigenvalue weighted by atomic mass is 32.2. The van der Waals surface area contributed by atoms with Crippen molar-refractivity contribution < 1.29 is 0 Å². The normalized spacial score (nSPS) is 10.2. The number of aryl methyl sites for hydroxylation is 1. The molecule has 0 aromatic carbocycles. The summed E-state index contributed by atoms with van der Waals surface area (Å²) in [6.45, 7) is 2.59. The van der Waals surface area contributed by atoms with Crippen molar-refractivity contribution in [2.75, 3.05) is 12.5 Å². The second kappa shape index (κ2) is 7.05. The molecule has 88 valence electrons. The molecule has 0 saturated carbocycles. The summed E-state index contributed by atoms with van der Waals surface area (Å²) < 4.78 is 0.718. The van der Waals surface area contributed by atoms with Gasteiger partial charge in [-0.05, 0) is 25.5 Å². The predicted octanol–water partition coefficient (Wildman–Crippen LogP) is 1.75. The van der Waals surface area contributed by atoms with Gasteiger partial charge in [0, 0.05) is 5.69 Å². The largest absolute Gasteiger partial charge is 0.306 e. The predicted molar refractivity (Wildman–Crippen MR) is 74.6 cm³/mol. The summed E-state index contributed by atoms with van der Waals surface area (Å²) in [4.78, 5) is 8.66. The van der Waals surface area contributed by atoms with Crippen molar-refractivity contribution in [1.29, 1.82) is 0 Å². The van der Waals surface area contributed by atoms with Crippen LogP contribution in [0.4, 0.5) is 0 Å². The number of hydrazine groups is 1. The quantitative estimate of drug-likeness (QED) is 0.375. The standard InChI is InChI=1S/C9H14N4S3/c1-6-4-7(12-8(11-6)15-2)5-10-13-9(14)16-3/h4,10H,5H2,1-3H3,(H,13,14). The Morgan fingerprint density at radius 2 is 2.19 bits per heavy atom. The number of nitrogens with one attached hydrogen (secondary N) is 2. The van der Waals surface area contributed by atoms with E-state index in [1.54, 1.807) is 11.8 Å². The highest BCUT2D eigenvalue weighted by Gasteiger charge is 2.01. The molecule has 0 aliphatic carbocycles. The number of aromatic nitrogens is 2. The molecule has 0 radical (unpaired) electrons. The number of nitrogens with zero attached hydrogens (tertiary/aromatic N) is 2. The van der Waals surface area contributed by atoms with Crippen molar-refractivity contribution in [3.8, 4) is 0 Å². The van der Waals surface area contributed by atoms with Crippen LogP contribution in [0.25, 0.3) is 0 Å². The summed E-state index contributed by atoms with van der Waals surface area (Å²) in [6.07, 6.45) is 3.89. The number of thiocarbonyl (C=S) groups is 1. The number of hydrogen-bond donors (Lipinski definition) is 2. The van der Waals surface area contributed by atoms with E-state index < -0.39 is 0 Å². The Kier molecular flexibility index (Phi) is 6.04. The number of thioether (sulfide) groups is 2. The molecule has 1 aromatic rings. The summed E-state index contributed by atoms with van der Waals surface area (Å²) >= 11 is 8.03. The molecule has 1 heterocycles. The molecule has 0 fully saturated rings. The molecule has 7 heteroatoms. The SMILES string of the molecule is CSC(=S)NNCc1cc(C)nc(SC)n1. The Balaban J connectivity index is 2.53. The van der Waals surface area contributed by atoms with Crippen LogP contribution < -0.4 is 10.9 Å². The van der Waals surface area contributed by atoms with Crippen LogP contribution in [0.1, 0.15) is 11.4 Å². The molecule has 0 aliphatic heterocycles. The Morgan fingerprint density at radius 1 is 1.44 bits per heavy atom. The summed E-state index contributed by atoms with van der Waals surface area (Å²) in [6, 6.07) is 1.95. The fraction of sp³-hybridized carbons (Fsp3) is 0.444. The van der Waals surface area contributed by atoms with Crippen molar-refractivity contribution in [3.05, 3.63) is 17.5 Å². The Bertz CT molecular complexity index is 370. The first kappa shape index (κ1) is 13.7. The van der Waals surface area contributed by atoms with E-state index in [9.17, 15) is 0 Å². The fourth-order valence-electron chi connectivity index (χ4n) is 1.04. The van der Waals surface area contributed by atoms with Crippen LogP contribution in [-0.4, -0.2) is 26.8 Å². The first-order valence-corrected chi connectivity index (χ1v) is 7.47. The van der Waals surface area contributed by atoms with Crippen LogP contribution in [0.5, 0.6) is 0 Å². The first-order valence-electron chi connectivity index (χ1n) is 4.61. The third kappa shape index (κ3) is 4.65. The van der Waals surface area contributed by atoms with E-state index in [4.69, 9.17) is 12.2 Å². The topological polar surface area (TPSA) is 49.8 Å². The lowest BCUT2D eigenvalue weighted by Gasteiger charge is -2.08. The van der Waals surface area contributed by atoms with Gasteiger partial charge in [-0.2, -0.15) is 0 Å². The van der Waals surface area contributed by atoms with Crippen molar-refractivity contribution in [2.24, 2.45) is 0 Å². The maximum atomic E-state index is 5.00. The zero-order valence-corrected chi connectivity index (χ0v) is 11.9. The molecule has 0 bridgehead atoms. The molecule has 0 aliphatic rings. The second-order valence-corrected chi connectivity index (χ2v) is 5.21. The van der Waals surface area contributed by atoms with Crippen molar-refractivity contribution >= 4 is 40.1 Å². The fourth-order valence-corrected chi connectivity index (χ4v) is 1.73. The van der Waals surface area contributed by atoms with E-state index in [0.29, 0.717) is 6.54 Å². The maximum Gasteiger partial charge on any atom is 0.187 e. The molecule has 0 saturated heterocycles. The zero-order valence-electron chi connectivity index (χ0n) is 9.40. The van der Waals surface area contributed by atoms with E-state index in [-0.39, 0.29) is 0 Å². The lowest BCUT2D eigenvalue weighted by Crippen LogP contribution is -2.34. The van der Waals surface area contributed by atoms with Gasteiger partial charge in [0.15, 0.2) is 5.16 Å². The van der Waals surface area contributed by atoms with Crippen molar-refractivity contribution in [2.45, 2.75) is 18.6 Å². The molecule has 4 nitrogen and oxygen atoms in total. The van der Waals surface area contributed by atoms with Gasteiger partial charge in [0.2, 0.25) is 0 Å². The van der Waals surface area contributed by atoms with Gasteiger partial charge in [-0.1, -0.05) is 35.7 Å². The molecule has 1 rings (SSSR count). The van der Waals surface area contributed by atoms with E-state index in [2.05, 4.69) is 20.8 Å². The molecule has 0 atom stereocenters. The summed E-state index contributed by atoms with van der Waals surface area (Å²) in [5.41, 5.74) is 7.86. The van der Waals surface area contributed by atoms with Crippen LogP contribution in [0.2, 0.25) is 0 Å². The van der Waals surface area contributed by atoms with Gasteiger partial charge < -0.3 is 5.43 Å². The van der Waals surface area contributed by atoms with Crippen LogP contribution >= 0.6 is 35.7 Å². The Labute approximate surface area is 109 Å². The highest BCUT2D eigenvalue weighted by molar-refractivity contribution is 8.22. The van der Waals surface area contributed by atoms with Crippen LogP contribution in [0.15, 0.2) is 11.2 Å². The average molecular weight is 274 g/mol. The van der Waals surface area contributed by atoms with E-state index in [1.807, 2.05) is 25.5 Å². The summed E-state index contributed by atoms with van der Waals surface area (Å²) in [7, 11) is 0. The molecule has 2 N–H and O–H groups in total. The maximum absolute atomic E-state index is 5.00. The van der Waals surface area contributed by atoms with Gasteiger partial charge in [0.1, 0.15) is 4.32 Å². The minimum absolute atomic E-state index is 0.623. The van der Waals surface area contributed by atoms with Crippen LogP contribution in [0, 0.1) is 6.92 Å². The first-order chi connectivity index (χ1) is 7.65. The molecule has 0 amide bonds. The van der Waals surface area contributed by atoms with Crippen molar-refractivity contribution in [1.82, 2.24) is 20.8 Å². The van der Waals surface area contributed by atoms with Crippen LogP contribution in [0.3, 0.4) is 0 Å². The minimum atomic E-state index is 0.623. The van der Waals surface area contributed by atoms with Gasteiger partial charge in [-0.15, -0.1) is 0 Å². The second-order valence-electron chi connectivity index (χ2n) is 2.96. The lowest BCUT2D eigenvalue weighted by atomic mass is 10.3. The van der Waals surface area contributed by atoms with Crippen LogP contribution in [-0.2, 0) is 6.54 Å². The lowest BCUT2D eigenvalue weighted by molar-refractivity contribution is 0.641. The van der Waals surface area contributed by atoms with Crippen molar-refractivity contribution in [3.63, 3.8) is 0 Å². The smallest absolute Gasteiger partial charge is 0.187 e. The summed E-state index contributed by atoms with van der Waals surface area (Å²) in [5, 5.41) is 0.796. The molecular formula is C9H14N4S3. The molecule has 0 spiro atoms. The Morgan fingerprint density at radius 3 is 2.81 bits per heavy atom. The number of rotatable bonds is 4. The monoisotopic (exact) mass is 274 g/mol. The Hall–Kier alpha value is -0.370. The summed E-state index contributed by atoms with van der Waals surface area (Å²) in [5.74, 6) is 0. The molecule has 16 heavy (non-hydrogen) atoms. The van der Waals surface area contributed by atoms with Gasteiger partial charge in [-0.25, -0.2) is 15.4 Å². The molecule has 0 unspecified atom stereocenters. The van der Waals surface area contributed by atoms with Gasteiger partial charge in [0.05, 0.1) is 12.2 Å². The van der Waals surface area contributed by atoms with E-state index in [0.717, 1.165) is 20.9 Å². The van der Waals surface area contributed by atoms with Gasteiger partial charge in [0.25, 0.3) is 0 Å². The highest BCUT2D eigenvalue weighted by Crippen LogP contribution is 2.10. The molecular weight excluding hydrogens is 260 g/mol. The third-order valence-corrected chi connectivity index (χ3v) is 3.34. The zero-order chi connectivity index (χ0) is 12.0. The third-order valence-electron chi connectivity index (χ3n) is 1.71. The van der Waals surface area contributed by atoms with E-state index >= 15 is 0 Å². The van der Waals surface area contributed by atoms with Gasteiger partial charge in [-0.3, -0.25) is 0 Å². The molecule has 1 aromatic heterocycles. The van der Waals surface area contributed by atoms with Gasteiger partial charge >= 0.3 is 0 Å². The number of hydrogen-bond acceptors (Lipinski definition) is 6.